The van der Waals surface area contributed by atoms with Gasteiger partial charge in [-0.15, -0.1) is 0 Å². The third-order valence-electron chi connectivity index (χ3n) is 3.38. The van der Waals surface area contributed by atoms with Crippen molar-refractivity contribution in [2.45, 2.75) is 25.0 Å². The molecule has 1 unspecified atom stereocenters. The van der Waals surface area contributed by atoms with E-state index in [1.54, 1.807) is 0 Å². The number of benzene rings is 1. The van der Waals surface area contributed by atoms with Gasteiger partial charge in [0, 0.05) is 6.54 Å². The number of rotatable bonds is 2. The van der Waals surface area contributed by atoms with E-state index < -0.39 is 0 Å². The molecule has 2 aliphatic rings. The zero-order chi connectivity index (χ0) is 11.7. The predicted octanol–water partition coefficient (Wildman–Crippen LogP) is 0.216. The van der Waals surface area contributed by atoms with Crippen LogP contribution < -0.4 is 10.6 Å². The van der Waals surface area contributed by atoms with Gasteiger partial charge in [0.2, 0.25) is 5.91 Å². The van der Waals surface area contributed by atoms with Gasteiger partial charge in [-0.3, -0.25) is 4.79 Å². The van der Waals surface area contributed by atoms with Gasteiger partial charge in [0.1, 0.15) is 0 Å². The zero-order valence-corrected chi connectivity index (χ0v) is 9.61. The molecule has 1 aromatic rings. The number of hydrogen-bond donors (Lipinski definition) is 2. The summed E-state index contributed by atoms with van der Waals surface area (Å²) in [6.07, 6.45) is 0.773. The minimum atomic E-state index is -0.106. The van der Waals surface area contributed by atoms with E-state index in [0.717, 1.165) is 13.0 Å². The largest absolute Gasteiger partial charge is 0.377 e. The highest BCUT2D eigenvalue weighted by Gasteiger charge is 2.27. The van der Waals surface area contributed by atoms with E-state index in [-0.39, 0.29) is 18.0 Å². The first kappa shape index (κ1) is 10.7. The van der Waals surface area contributed by atoms with Crippen molar-refractivity contribution in [3.8, 4) is 0 Å². The lowest BCUT2D eigenvalue weighted by Gasteiger charge is -2.31. The molecule has 3 rings (SSSR count). The summed E-state index contributed by atoms with van der Waals surface area (Å²) < 4.78 is 5.04. The van der Waals surface area contributed by atoms with E-state index in [1.165, 1.54) is 11.1 Å². The normalized spacial score (nSPS) is 23.6. The number of nitrogens with one attached hydrogen (secondary N) is 2. The third-order valence-corrected chi connectivity index (χ3v) is 3.38. The lowest BCUT2D eigenvalue weighted by atomic mass is 9.95. The molecule has 17 heavy (non-hydrogen) atoms. The molecule has 0 radical (unpaired) electrons. The number of fused-ring (bicyclic) bond motifs is 1. The van der Waals surface area contributed by atoms with Crippen molar-refractivity contribution in [3.63, 3.8) is 0 Å². The summed E-state index contributed by atoms with van der Waals surface area (Å²) in [5.41, 5.74) is 2.57. The molecule has 0 aliphatic carbocycles. The molecule has 2 heterocycles. The van der Waals surface area contributed by atoms with Gasteiger partial charge < -0.3 is 15.4 Å². The highest BCUT2D eigenvalue weighted by molar-refractivity contribution is 5.82. The summed E-state index contributed by atoms with van der Waals surface area (Å²) in [6, 6.07) is 8.37. The second-order valence-corrected chi connectivity index (χ2v) is 4.65. The monoisotopic (exact) mass is 232 g/mol. The molecule has 0 aromatic heterocycles. The van der Waals surface area contributed by atoms with Gasteiger partial charge in [0.25, 0.3) is 0 Å². The van der Waals surface area contributed by atoms with E-state index in [1.807, 2.05) is 12.1 Å². The van der Waals surface area contributed by atoms with Crippen LogP contribution in [0, 0.1) is 0 Å². The summed E-state index contributed by atoms with van der Waals surface area (Å²) in [5.74, 6) is 0.0906. The molecule has 1 aromatic carbocycles. The van der Waals surface area contributed by atoms with Crippen LogP contribution in [0.2, 0.25) is 0 Å². The van der Waals surface area contributed by atoms with E-state index in [0.29, 0.717) is 13.2 Å². The summed E-state index contributed by atoms with van der Waals surface area (Å²) in [4.78, 5) is 12.0. The van der Waals surface area contributed by atoms with Crippen LogP contribution in [0.4, 0.5) is 0 Å². The second kappa shape index (κ2) is 4.47. The Hall–Kier alpha value is -1.39. The molecule has 1 atom stereocenters. The average Bonchev–Trinajstić information content (AvgIpc) is 2.33. The summed E-state index contributed by atoms with van der Waals surface area (Å²) in [6.45, 7) is 2.07. The molecule has 2 aliphatic heterocycles. The van der Waals surface area contributed by atoms with Crippen LogP contribution in [-0.4, -0.2) is 31.2 Å². The van der Waals surface area contributed by atoms with E-state index in [9.17, 15) is 4.79 Å². The van der Waals surface area contributed by atoms with Crippen LogP contribution in [0.15, 0.2) is 24.3 Å². The molecule has 0 saturated carbocycles. The lowest BCUT2D eigenvalue weighted by Crippen LogP contribution is -2.55. The molecule has 1 amide bonds. The molecule has 1 saturated heterocycles. The Morgan fingerprint density at radius 3 is 2.76 bits per heavy atom. The Morgan fingerprint density at radius 2 is 2.06 bits per heavy atom. The fraction of sp³-hybridized carbons (Fsp3) is 0.462. The Labute approximate surface area is 100 Å². The van der Waals surface area contributed by atoms with Gasteiger partial charge in [-0.25, -0.2) is 0 Å². The molecule has 4 nitrogen and oxygen atoms in total. The smallest absolute Gasteiger partial charge is 0.237 e. The van der Waals surface area contributed by atoms with Crippen LogP contribution in [0.5, 0.6) is 0 Å². The Kier molecular flexibility index (Phi) is 2.82. The maximum Gasteiger partial charge on any atom is 0.237 e. The van der Waals surface area contributed by atoms with E-state index >= 15 is 0 Å². The van der Waals surface area contributed by atoms with Crippen LogP contribution in [0.25, 0.3) is 0 Å². The number of carbonyl (C=O) groups is 1. The minimum absolute atomic E-state index is 0.0906. The zero-order valence-electron chi connectivity index (χ0n) is 9.61. The van der Waals surface area contributed by atoms with Crippen LogP contribution >= 0.6 is 0 Å². The van der Waals surface area contributed by atoms with Crippen molar-refractivity contribution in [1.29, 1.82) is 0 Å². The van der Waals surface area contributed by atoms with Gasteiger partial charge in [-0.2, -0.15) is 0 Å². The first-order valence-corrected chi connectivity index (χ1v) is 6.01. The van der Waals surface area contributed by atoms with Crippen molar-refractivity contribution >= 4 is 5.91 Å². The van der Waals surface area contributed by atoms with Crippen LogP contribution in [-0.2, 0) is 22.5 Å². The molecule has 4 heteroatoms. The Balaban J connectivity index is 1.64. The maximum absolute atomic E-state index is 12.0. The molecular formula is C13H16N2O2. The van der Waals surface area contributed by atoms with Crippen LogP contribution in [0.1, 0.15) is 11.1 Å². The average molecular weight is 232 g/mol. The summed E-state index contributed by atoms with van der Waals surface area (Å²) in [5, 5.41) is 6.27. The maximum atomic E-state index is 12.0. The quantitative estimate of drug-likeness (QED) is 0.766. The van der Waals surface area contributed by atoms with Gasteiger partial charge in [-0.1, -0.05) is 24.3 Å². The molecule has 0 bridgehead atoms. The Bertz CT molecular complexity index is 429. The highest BCUT2D eigenvalue weighted by Crippen LogP contribution is 2.16. The SMILES string of the molecule is O=C(NC1COC1)C1Cc2ccccc2CN1. The van der Waals surface area contributed by atoms with Crippen molar-refractivity contribution in [2.75, 3.05) is 13.2 Å². The predicted molar refractivity (Wildman–Crippen MR) is 63.5 cm³/mol. The fourth-order valence-electron chi connectivity index (χ4n) is 2.26. The number of ether oxygens (including phenoxy) is 1. The van der Waals surface area contributed by atoms with Crippen molar-refractivity contribution in [3.05, 3.63) is 35.4 Å². The topological polar surface area (TPSA) is 50.4 Å². The number of amides is 1. The van der Waals surface area contributed by atoms with Gasteiger partial charge in [-0.05, 0) is 17.5 Å². The summed E-state index contributed by atoms with van der Waals surface area (Å²) >= 11 is 0. The molecule has 1 fully saturated rings. The van der Waals surface area contributed by atoms with Gasteiger partial charge >= 0.3 is 0 Å². The molecular weight excluding hydrogens is 216 g/mol. The van der Waals surface area contributed by atoms with Crippen molar-refractivity contribution < 1.29 is 9.53 Å². The molecule has 2 N–H and O–H groups in total. The number of hydrogen-bond acceptors (Lipinski definition) is 3. The van der Waals surface area contributed by atoms with Crippen molar-refractivity contribution in [1.82, 2.24) is 10.6 Å². The fourth-order valence-corrected chi connectivity index (χ4v) is 2.26. The highest BCUT2D eigenvalue weighted by atomic mass is 16.5. The first-order chi connectivity index (χ1) is 8.33. The van der Waals surface area contributed by atoms with Gasteiger partial charge in [0.15, 0.2) is 0 Å². The molecule has 90 valence electrons. The summed E-state index contributed by atoms with van der Waals surface area (Å²) in [7, 11) is 0. The van der Waals surface area contributed by atoms with Crippen LogP contribution in [0.3, 0.4) is 0 Å². The first-order valence-electron chi connectivity index (χ1n) is 6.01. The minimum Gasteiger partial charge on any atom is -0.377 e. The van der Waals surface area contributed by atoms with E-state index in [4.69, 9.17) is 4.74 Å². The molecule has 0 spiro atoms. The van der Waals surface area contributed by atoms with Crippen molar-refractivity contribution in [2.24, 2.45) is 0 Å². The lowest BCUT2D eigenvalue weighted by molar-refractivity contribution is -0.127. The van der Waals surface area contributed by atoms with E-state index in [2.05, 4.69) is 22.8 Å². The Morgan fingerprint density at radius 1 is 1.29 bits per heavy atom. The standard InChI is InChI=1S/C13H16N2O2/c16-13(15-11-7-17-8-11)12-5-9-3-1-2-4-10(9)6-14-12/h1-4,11-12,14H,5-8H2,(H,15,16). The number of carbonyl (C=O) groups excluding carboxylic acids is 1. The second-order valence-electron chi connectivity index (χ2n) is 4.65. The third kappa shape index (κ3) is 2.18. The van der Waals surface area contributed by atoms with Gasteiger partial charge in [0.05, 0.1) is 25.3 Å².